The van der Waals surface area contributed by atoms with Gasteiger partial charge in [-0.2, -0.15) is 0 Å². The van der Waals surface area contributed by atoms with Gasteiger partial charge >= 0.3 is 11.9 Å². The summed E-state index contributed by atoms with van der Waals surface area (Å²) in [6, 6.07) is 9.59. The summed E-state index contributed by atoms with van der Waals surface area (Å²) in [5, 5.41) is 20.7. The van der Waals surface area contributed by atoms with Crippen LogP contribution in [0.4, 0.5) is 0 Å². The fourth-order valence-electron chi connectivity index (χ4n) is 3.21. The lowest BCUT2D eigenvalue weighted by Crippen LogP contribution is -2.13. The molecule has 2 rings (SSSR count). The van der Waals surface area contributed by atoms with Crippen molar-refractivity contribution in [2.75, 3.05) is 0 Å². The standard InChI is InChI=1S/C24H30O6/c1-3-5-7-11-17-13-9-15-19(21(17)25)23(27)29-30-24(28)20-16-10-14-18(22(20)26)12-8-6-4-2/h9-10,13-16,25-26H,3-8,11-12H2,1-2H3. The molecule has 2 aromatic rings. The van der Waals surface area contributed by atoms with Crippen molar-refractivity contribution in [1.82, 2.24) is 0 Å². The van der Waals surface area contributed by atoms with Gasteiger partial charge in [0.15, 0.2) is 0 Å². The number of hydrogen-bond acceptors (Lipinski definition) is 6. The molecule has 0 unspecified atom stereocenters. The first-order valence-electron chi connectivity index (χ1n) is 10.5. The van der Waals surface area contributed by atoms with Crippen LogP contribution in [0, 0.1) is 0 Å². The van der Waals surface area contributed by atoms with Crippen LogP contribution in [-0.2, 0) is 22.6 Å². The minimum absolute atomic E-state index is 0.0747. The van der Waals surface area contributed by atoms with Crippen molar-refractivity contribution in [2.45, 2.75) is 65.2 Å². The number of unbranched alkanes of at least 4 members (excludes halogenated alkanes) is 4. The molecular weight excluding hydrogens is 384 g/mol. The van der Waals surface area contributed by atoms with Gasteiger partial charge < -0.3 is 10.2 Å². The van der Waals surface area contributed by atoms with Gasteiger partial charge in [0.1, 0.15) is 22.6 Å². The first kappa shape index (κ1) is 23.3. The van der Waals surface area contributed by atoms with Gasteiger partial charge in [0.25, 0.3) is 0 Å². The third-order valence-corrected chi connectivity index (χ3v) is 4.97. The quantitative estimate of drug-likeness (QED) is 0.303. The molecule has 0 atom stereocenters. The first-order valence-corrected chi connectivity index (χ1v) is 10.5. The molecule has 0 amide bonds. The second-order valence-electron chi connectivity index (χ2n) is 7.28. The van der Waals surface area contributed by atoms with E-state index in [1.165, 1.54) is 12.1 Å². The smallest absolute Gasteiger partial charge is 0.390 e. The van der Waals surface area contributed by atoms with Crippen molar-refractivity contribution in [1.29, 1.82) is 0 Å². The van der Waals surface area contributed by atoms with Crippen LogP contribution < -0.4 is 0 Å². The average Bonchev–Trinajstić information content (AvgIpc) is 2.74. The van der Waals surface area contributed by atoms with E-state index in [0.29, 0.717) is 24.0 Å². The number of phenolic OH excluding ortho intramolecular Hbond substituents is 2. The van der Waals surface area contributed by atoms with E-state index in [1.54, 1.807) is 24.3 Å². The summed E-state index contributed by atoms with van der Waals surface area (Å²) in [6.45, 7) is 4.17. The van der Waals surface area contributed by atoms with Crippen molar-refractivity contribution >= 4 is 11.9 Å². The Kier molecular flexibility index (Phi) is 9.19. The van der Waals surface area contributed by atoms with Gasteiger partial charge in [-0.1, -0.05) is 63.8 Å². The number of aryl methyl sites for hydroxylation is 2. The van der Waals surface area contributed by atoms with Crippen molar-refractivity contribution in [3.8, 4) is 11.5 Å². The van der Waals surface area contributed by atoms with Crippen LogP contribution in [0.15, 0.2) is 36.4 Å². The SMILES string of the molecule is CCCCCc1cccc(C(=O)OOC(=O)c2cccc(CCCCC)c2O)c1O. The summed E-state index contributed by atoms with van der Waals surface area (Å²) < 4.78 is 0. The van der Waals surface area contributed by atoms with Crippen molar-refractivity contribution < 1.29 is 29.6 Å². The Morgan fingerprint density at radius 2 is 1.10 bits per heavy atom. The number of carbonyl (C=O) groups excluding carboxylic acids is 2. The van der Waals surface area contributed by atoms with E-state index < -0.39 is 11.9 Å². The monoisotopic (exact) mass is 414 g/mol. The molecule has 6 nitrogen and oxygen atoms in total. The van der Waals surface area contributed by atoms with Gasteiger partial charge in [-0.15, -0.1) is 0 Å². The predicted octanol–water partition coefficient (Wildman–Crippen LogP) is 5.49. The Labute approximate surface area is 177 Å². The maximum atomic E-state index is 12.3. The molecule has 2 aromatic carbocycles. The van der Waals surface area contributed by atoms with Crippen LogP contribution >= 0.6 is 0 Å². The van der Waals surface area contributed by atoms with Gasteiger partial charge in [0.2, 0.25) is 0 Å². The number of para-hydroxylation sites is 2. The normalized spacial score (nSPS) is 10.6. The molecule has 0 aliphatic heterocycles. The molecule has 0 spiro atoms. The zero-order valence-electron chi connectivity index (χ0n) is 17.6. The van der Waals surface area contributed by atoms with E-state index in [2.05, 4.69) is 23.6 Å². The average molecular weight is 414 g/mol. The van der Waals surface area contributed by atoms with E-state index in [1.807, 2.05) is 0 Å². The summed E-state index contributed by atoms with van der Waals surface area (Å²) in [4.78, 5) is 33.9. The third-order valence-electron chi connectivity index (χ3n) is 4.97. The number of benzene rings is 2. The number of carbonyl (C=O) groups is 2. The molecule has 0 aliphatic rings. The maximum Gasteiger partial charge on any atom is 0.390 e. The largest absolute Gasteiger partial charge is 0.507 e. The molecule has 0 fully saturated rings. The van der Waals surface area contributed by atoms with Gasteiger partial charge in [-0.3, -0.25) is 0 Å². The van der Waals surface area contributed by atoms with E-state index in [9.17, 15) is 19.8 Å². The molecule has 162 valence electrons. The summed E-state index contributed by atoms with van der Waals surface area (Å²) >= 11 is 0. The van der Waals surface area contributed by atoms with E-state index in [-0.39, 0.29) is 22.6 Å². The highest BCUT2D eigenvalue weighted by Crippen LogP contribution is 2.27. The van der Waals surface area contributed by atoms with E-state index >= 15 is 0 Å². The van der Waals surface area contributed by atoms with Crippen molar-refractivity contribution in [3.63, 3.8) is 0 Å². The zero-order valence-corrected chi connectivity index (χ0v) is 17.6. The van der Waals surface area contributed by atoms with Crippen LogP contribution in [-0.4, -0.2) is 22.2 Å². The molecule has 2 N–H and O–H groups in total. The van der Waals surface area contributed by atoms with Crippen LogP contribution in [0.1, 0.15) is 84.2 Å². The van der Waals surface area contributed by atoms with Crippen LogP contribution in [0.5, 0.6) is 11.5 Å². The Morgan fingerprint density at radius 1 is 0.700 bits per heavy atom. The van der Waals surface area contributed by atoms with Crippen LogP contribution in [0.3, 0.4) is 0 Å². The van der Waals surface area contributed by atoms with Gasteiger partial charge in [0, 0.05) is 0 Å². The van der Waals surface area contributed by atoms with Crippen LogP contribution in [0.25, 0.3) is 0 Å². The zero-order chi connectivity index (χ0) is 21.9. The fraction of sp³-hybridized carbons (Fsp3) is 0.417. The summed E-state index contributed by atoms with van der Waals surface area (Å²) in [5.41, 5.74) is 1.13. The minimum Gasteiger partial charge on any atom is -0.507 e. The predicted molar refractivity (Wildman–Crippen MR) is 114 cm³/mol. The molecule has 0 bridgehead atoms. The molecule has 0 aromatic heterocycles. The number of rotatable bonds is 10. The van der Waals surface area contributed by atoms with E-state index in [0.717, 1.165) is 38.5 Å². The highest BCUT2D eigenvalue weighted by atomic mass is 17.2. The number of phenols is 2. The second kappa shape index (κ2) is 11.9. The minimum atomic E-state index is -0.975. The third kappa shape index (κ3) is 6.24. The van der Waals surface area contributed by atoms with Gasteiger partial charge in [0.05, 0.1) is 0 Å². The lowest BCUT2D eigenvalue weighted by atomic mass is 10.0. The topological polar surface area (TPSA) is 93.1 Å². The Hall–Kier alpha value is -3.02. The van der Waals surface area contributed by atoms with Gasteiger partial charge in [-0.05, 0) is 48.9 Å². The maximum absolute atomic E-state index is 12.3. The highest BCUT2D eigenvalue weighted by Gasteiger charge is 2.21. The molecule has 0 saturated heterocycles. The lowest BCUT2D eigenvalue weighted by Gasteiger charge is -2.10. The highest BCUT2D eigenvalue weighted by molar-refractivity contribution is 5.95. The van der Waals surface area contributed by atoms with Crippen molar-refractivity contribution in [2.24, 2.45) is 0 Å². The molecule has 0 heterocycles. The summed E-state index contributed by atoms with van der Waals surface area (Å²) in [6.07, 6.45) is 7.20. The molecule has 0 aliphatic carbocycles. The molecule has 0 radical (unpaired) electrons. The Balaban J connectivity index is 2.02. The number of hydrogen-bond donors (Lipinski definition) is 2. The summed E-state index contributed by atoms with van der Waals surface area (Å²) in [7, 11) is 0. The first-order chi connectivity index (χ1) is 14.5. The number of aromatic hydroxyl groups is 2. The molecular formula is C24H30O6. The molecule has 6 heteroatoms. The lowest BCUT2D eigenvalue weighted by molar-refractivity contribution is -0.187. The van der Waals surface area contributed by atoms with Gasteiger partial charge in [-0.25, -0.2) is 19.4 Å². The van der Waals surface area contributed by atoms with Crippen LogP contribution in [0.2, 0.25) is 0 Å². The van der Waals surface area contributed by atoms with E-state index in [4.69, 9.17) is 0 Å². The van der Waals surface area contributed by atoms with Crippen molar-refractivity contribution in [3.05, 3.63) is 58.7 Å². The summed E-state index contributed by atoms with van der Waals surface area (Å²) in [5.74, 6) is -2.29. The molecule has 0 saturated carbocycles. The Bertz CT molecular complexity index is 787. The Morgan fingerprint density at radius 3 is 1.47 bits per heavy atom. The fourth-order valence-corrected chi connectivity index (χ4v) is 3.21. The molecule has 30 heavy (non-hydrogen) atoms. The second-order valence-corrected chi connectivity index (χ2v) is 7.28.